The molecule has 2 aromatic rings. The van der Waals surface area contributed by atoms with E-state index in [0.29, 0.717) is 24.6 Å². The highest BCUT2D eigenvalue weighted by Gasteiger charge is 2.28. The van der Waals surface area contributed by atoms with Crippen LogP contribution in [0, 0.1) is 17.2 Å². The molecule has 0 radical (unpaired) electrons. The highest BCUT2D eigenvalue weighted by Crippen LogP contribution is 2.25. The minimum absolute atomic E-state index is 0.0190. The van der Waals surface area contributed by atoms with Crippen molar-refractivity contribution in [2.45, 2.75) is 29.6 Å². The molecule has 0 spiro atoms. The van der Waals surface area contributed by atoms with Gasteiger partial charge in [0, 0.05) is 18.8 Å². The Hall–Kier alpha value is -2.41. The summed E-state index contributed by atoms with van der Waals surface area (Å²) in [7, 11) is -7.42. The van der Waals surface area contributed by atoms with Gasteiger partial charge in [-0.15, -0.1) is 0 Å². The lowest BCUT2D eigenvalue weighted by atomic mass is 10.0. The molecule has 0 saturated carbocycles. The Balaban J connectivity index is 1.77. The van der Waals surface area contributed by atoms with Crippen molar-refractivity contribution in [2.75, 3.05) is 17.8 Å². The SMILES string of the molecule is C[C@H]1CCCN(S(=O)(=O)c2ccc(NS(=O)(=O)c3ccc(C#N)cc3)cc2)C1. The Labute approximate surface area is 165 Å². The first-order valence-electron chi connectivity index (χ1n) is 8.85. The van der Waals surface area contributed by atoms with Gasteiger partial charge in [0.1, 0.15) is 0 Å². The second kappa shape index (κ2) is 7.91. The zero-order valence-corrected chi connectivity index (χ0v) is 17.0. The fourth-order valence-electron chi connectivity index (χ4n) is 3.13. The summed E-state index contributed by atoms with van der Waals surface area (Å²) in [6.07, 6.45) is 1.85. The van der Waals surface area contributed by atoms with E-state index in [1.165, 1.54) is 52.8 Å². The zero-order chi connectivity index (χ0) is 20.4. The van der Waals surface area contributed by atoms with Gasteiger partial charge in [-0.1, -0.05) is 6.92 Å². The first-order chi connectivity index (χ1) is 13.2. The van der Waals surface area contributed by atoms with Crippen LogP contribution in [0.2, 0.25) is 0 Å². The maximum atomic E-state index is 12.8. The molecule has 0 aromatic heterocycles. The van der Waals surface area contributed by atoms with Gasteiger partial charge in [0.2, 0.25) is 10.0 Å². The number of benzene rings is 2. The van der Waals surface area contributed by atoms with Crippen molar-refractivity contribution in [3.05, 3.63) is 54.1 Å². The lowest BCUT2D eigenvalue weighted by Gasteiger charge is -2.30. The number of hydrogen-bond acceptors (Lipinski definition) is 5. The van der Waals surface area contributed by atoms with Crippen molar-refractivity contribution >= 4 is 25.7 Å². The molecule has 1 atom stereocenters. The highest BCUT2D eigenvalue weighted by atomic mass is 32.2. The zero-order valence-electron chi connectivity index (χ0n) is 15.4. The number of nitrogens with one attached hydrogen (secondary N) is 1. The number of anilines is 1. The van der Waals surface area contributed by atoms with Crippen molar-refractivity contribution in [2.24, 2.45) is 5.92 Å². The van der Waals surface area contributed by atoms with E-state index in [4.69, 9.17) is 5.26 Å². The third kappa shape index (κ3) is 4.35. The molecule has 7 nitrogen and oxygen atoms in total. The molecule has 2 aromatic carbocycles. The average molecular weight is 420 g/mol. The molecule has 1 N–H and O–H groups in total. The van der Waals surface area contributed by atoms with Crippen LogP contribution in [0.5, 0.6) is 0 Å². The smallest absolute Gasteiger partial charge is 0.261 e. The van der Waals surface area contributed by atoms with Crippen LogP contribution in [0.4, 0.5) is 5.69 Å². The number of hydrogen-bond donors (Lipinski definition) is 1. The molecule has 1 aliphatic rings. The first kappa shape index (κ1) is 20.3. The van der Waals surface area contributed by atoms with E-state index in [1.807, 2.05) is 13.0 Å². The summed E-state index contributed by atoms with van der Waals surface area (Å²) in [6, 6.07) is 13.1. The summed E-state index contributed by atoms with van der Waals surface area (Å²) in [5, 5.41) is 8.80. The molecule has 1 fully saturated rings. The van der Waals surface area contributed by atoms with Crippen molar-refractivity contribution in [1.29, 1.82) is 5.26 Å². The van der Waals surface area contributed by atoms with Gasteiger partial charge in [0.05, 0.1) is 21.4 Å². The van der Waals surface area contributed by atoms with E-state index in [-0.39, 0.29) is 15.5 Å². The van der Waals surface area contributed by atoms with E-state index in [1.54, 1.807) is 0 Å². The van der Waals surface area contributed by atoms with Crippen LogP contribution in [-0.2, 0) is 20.0 Å². The Morgan fingerprint density at radius 3 is 2.18 bits per heavy atom. The van der Waals surface area contributed by atoms with Gasteiger partial charge in [0.25, 0.3) is 10.0 Å². The Kier molecular flexibility index (Phi) is 5.74. The average Bonchev–Trinajstić information content (AvgIpc) is 2.68. The molecule has 0 amide bonds. The number of nitrogens with zero attached hydrogens (tertiary/aromatic N) is 2. The molecule has 9 heteroatoms. The Morgan fingerprint density at radius 1 is 1.00 bits per heavy atom. The normalized spacial score (nSPS) is 18.4. The molecular weight excluding hydrogens is 398 g/mol. The van der Waals surface area contributed by atoms with E-state index >= 15 is 0 Å². The monoisotopic (exact) mass is 419 g/mol. The van der Waals surface area contributed by atoms with Gasteiger partial charge in [-0.3, -0.25) is 4.72 Å². The van der Waals surface area contributed by atoms with E-state index < -0.39 is 20.0 Å². The first-order valence-corrected chi connectivity index (χ1v) is 11.8. The fraction of sp³-hybridized carbons (Fsp3) is 0.316. The lowest BCUT2D eigenvalue weighted by Crippen LogP contribution is -2.39. The van der Waals surface area contributed by atoms with Crippen LogP contribution < -0.4 is 4.72 Å². The molecule has 1 heterocycles. The Bertz CT molecular complexity index is 1090. The van der Waals surface area contributed by atoms with Crippen LogP contribution in [0.1, 0.15) is 25.3 Å². The van der Waals surface area contributed by atoms with Crippen molar-refractivity contribution in [3.8, 4) is 6.07 Å². The highest BCUT2D eigenvalue weighted by molar-refractivity contribution is 7.92. The molecule has 28 heavy (non-hydrogen) atoms. The molecule has 1 aliphatic heterocycles. The molecule has 0 bridgehead atoms. The second-order valence-corrected chi connectivity index (χ2v) is 10.5. The molecule has 3 rings (SSSR count). The predicted molar refractivity (Wildman–Crippen MR) is 106 cm³/mol. The standard InChI is InChI=1S/C19H21N3O4S2/c1-15-3-2-12-22(14-15)28(25,26)19-10-6-17(7-11-19)21-27(23,24)18-8-4-16(13-20)5-9-18/h4-11,15,21H,2-3,12,14H2,1H3/t15-/m0/s1. The van der Waals surface area contributed by atoms with Crippen molar-refractivity contribution in [3.63, 3.8) is 0 Å². The maximum Gasteiger partial charge on any atom is 0.261 e. The minimum Gasteiger partial charge on any atom is -0.280 e. The number of nitriles is 1. The summed E-state index contributed by atoms with van der Waals surface area (Å²) in [5.74, 6) is 0.321. The van der Waals surface area contributed by atoms with E-state index in [2.05, 4.69) is 4.72 Å². The topological polar surface area (TPSA) is 107 Å². The molecule has 1 saturated heterocycles. The number of rotatable bonds is 5. The molecule has 0 aliphatic carbocycles. The number of piperidine rings is 1. The van der Waals surface area contributed by atoms with Crippen LogP contribution >= 0.6 is 0 Å². The third-order valence-electron chi connectivity index (χ3n) is 4.66. The van der Waals surface area contributed by atoms with E-state index in [0.717, 1.165) is 12.8 Å². The maximum absolute atomic E-state index is 12.8. The molecular formula is C19H21N3O4S2. The third-order valence-corrected chi connectivity index (χ3v) is 7.93. The van der Waals surface area contributed by atoms with Crippen LogP contribution in [0.3, 0.4) is 0 Å². The summed E-state index contributed by atoms with van der Waals surface area (Å²) in [4.78, 5) is 0.161. The van der Waals surface area contributed by atoms with Gasteiger partial charge in [-0.05, 0) is 67.3 Å². The fourth-order valence-corrected chi connectivity index (χ4v) is 5.79. The van der Waals surface area contributed by atoms with Crippen molar-refractivity contribution in [1.82, 2.24) is 4.31 Å². The summed E-state index contributed by atoms with van der Waals surface area (Å²) in [6.45, 7) is 3.03. The van der Waals surface area contributed by atoms with Crippen LogP contribution in [-0.4, -0.2) is 34.2 Å². The van der Waals surface area contributed by atoms with Crippen LogP contribution in [0.15, 0.2) is 58.3 Å². The minimum atomic E-state index is -3.83. The summed E-state index contributed by atoms with van der Waals surface area (Å²) >= 11 is 0. The van der Waals surface area contributed by atoms with Gasteiger partial charge >= 0.3 is 0 Å². The summed E-state index contributed by atoms with van der Waals surface area (Å²) in [5.41, 5.74) is 0.621. The van der Waals surface area contributed by atoms with E-state index in [9.17, 15) is 16.8 Å². The largest absolute Gasteiger partial charge is 0.280 e. The molecule has 148 valence electrons. The van der Waals surface area contributed by atoms with Gasteiger partial charge in [-0.2, -0.15) is 9.57 Å². The Morgan fingerprint density at radius 2 is 1.61 bits per heavy atom. The predicted octanol–water partition coefficient (Wildman–Crippen LogP) is 2.78. The lowest BCUT2D eigenvalue weighted by molar-refractivity contribution is 0.281. The van der Waals surface area contributed by atoms with Crippen molar-refractivity contribution < 1.29 is 16.8 Å². The quantitative estimate of drug-likeness (QED) is 0.802. The van der Waals surface area contributed by atoms with Crippen LogP contribution in [0.25, 0.3) is 0 Å². The second-order valence-electron chi connectivity index (χ2n) is 6.88. The number of sulfonamides is 2. The van der Waals surface area contributed by atoms with Gasteiger partial charge in [-0.25, -0.2) is 16.8 Å². The molecule has 0 unspecified atom stereocenters. The van der Waals surface area contributed by atoms with Gasteiger partial charge < -0.3 is 0 Å². The summed E-state index contributed by atoms with van der Waals surface area (Å²) < 4.78 is 54.3. The van der Waals surface area contributed by atoms with Gasteiger partial charge in [0.15, 0.2) is 0 Å².